The molecule has 1 fully saturated rings. The van der Waals surface area contributed by atoms with E-state index in [1.807, 2.05) is 0 Å². The van der Waals surface area contributed by atoms with Crippen LogP contribution in [0.15, 0.2) is 34.1 Å². The van der Waals surface area contributed by atoms with Crippen LogP contribution in [0.2, 0.25) is 0 Å². The fourth-order valence-corrected chi connectivity index (χ4v) is 4.62. The van der Waals surface area contributed by atoms with Gasteiger partial charge in [0.25, 0.3) is 0 Å². The Labute approximate surface area is 126 Å². The minimum Gasteiger partial charge on any atom is -0.225 e. The van der Waals surface area contributed by atoms with Gasteiger partial charge in [0.05, 0.1) is 9.79 Å². The van der Waals surface area contributed by atoms with Gasteiger partial charge in [-0.15, -0.1) is 0 Å². The molecule has 118 valence electrons. The summed E-state index contributed by atoms with van der Waals surface area (Å²) in [5.41, 5.74) is 0. The first-order valence-electron chi connectivity index (χ1n) is 6.95. The molecule has 0 saturated carbocycles. The highest BCUT2D eigenvalue weighted by molar-refractivity contribution is 7.90. The lowest BCUT2D eigenvalue weighted by Crippen LogP contribution is -2.34. The summed E-state index contributed by atoms with van der Waals surface area (Å²) in [6, 6.07) is 5.23. The third kappa shape index (κ3) is 4.03. The normalized spacial score (nSPS) is 18.9. The van der Waals surface area contributed by atoms with Crippen molar-refractivity contribution in [2.24, 2.45) is 5.14 Å². The van der Waals surface area contributed by atoms with Crippen molar-refractivity contribution in [1.29, 1.82) is 0 Å². The maximum atomic E-state index is 12.6. The Bertz CT molecular complexity index is 691. The maximum absolute atomic E-state index is 12.6. The zero-order chi connectivity index (χ0) is 15.5. The molecule has 0 spiro atoms. The van der Waals surface area contributed by atoms with Crippen molar-refractivity contribution in [3.05, 3.63) is 24.3 Å². The molecule has 0 amide bonds. The van der Waals surface area contributed by atoms with E-state index >= 15 is 0 Å². The molecule has 0 atom stereocenters. The van der Waals surface area contributed by atoms with Crippen LogP contribution in [-0.2, 0) is 20.0 Å². The Morgan fingerprint density at radius 3 is 1.95 bits per heavy atom. The lowest BCUT2D eigenvalue weighted by Gasteiger charge is -2.24. The van der Waals surface area contributed by atoms with Crippen molar-refractivity contribution in [2.75, 3.05) is 13.1 Å². The van der Waals surface area contributed by atoms with E-state index in [-0.39, 0.29) is 9.79 Å². The zero-order valence-electron chi connectivity index (χ0n) is 11.7. The number of primary sulfonamides is 1. The van der Waals surface area contributed by atoms with Gasteiger partial charge in [0.1, 0.15) is 0 Å². The third-order valence-electron chi connectivity index (χ3n) is 3.59. The molecular formula is C13H20N2O4S2. The van der Waals surface area contributed by atoms with Gasteiger partial charge in [-0.2, -0.15) is 4.31 Å². The van der Waals surface area contributed by atoms with Gasteiger partial charge in [-0.05, 0) is 31.0 Å². The van der Waals surface area contributed by atoms with Gasteiger partial charge in [-0.1, -0.05) is 25.3 Å². The van der Waals surface area contributed by atoms with Gasteiger partial charge in [0.15, 0.2) is 0 Å². The quantitative estimate of drug-likeness (QED) is 0.901. The first kappa shape index (κ1) is 16.4. The molecule has 0 unspecified atom stereocenters. The Hall–Kier alpha value is -0.960. The van der Waals surface area contributed by atoms with Crippen molar-refractivity contribution in [2.45, 2.75) is 41.9 Å². The molecule has 1 heterocycles. The summed E-state index contributed by atoms with van der Waals surface area (Å²) in [4.78, 5) is -0.204. The molecule has 8 heteroatoms. The molecule has 1 aliphatic heterocycles. The van der Waals surface area contributed by atoms with Crippen LogP contribution in [0.25, 0.3) is 0 Å². The predicted octanol–water partition coefficient (Wildman–Crippen LogP) is 1.29. The summed E-state index contributed by atoms with van der Waals surface area (Å²) in [5.74, 6) is 0. The van der Waals surface area contributed by atoms with E-state index in [0.717, 1.165) is 38.2 Å². The Morgan fingerprint density at radius 2 is 1.38 bits per heavy atom. The average molecular weight is 332 g/mol. The second kappa shape index (κ2) is 6.43. The van der Waals surface area contributed by atoms with Crippen LogP contribution >= 0.6 is 0 Å². The van der Waals surface area contributed by atoms with Crippen LogP contribution in [0.1, 0.15) is 32.1 Å². The van der Waals surface area contributed by atoms with E-state index in [1.165, 1.54) is 22.5 Å². The fourth-order valence-electron chi connectivity index (χ4n) is 2.42. The van der Waals surface area contributed by atoms with Crippen LogP contribution < -0.4 is 5.14 Å². The summed E-state index contributed by atoms with van der Waals surface area (Å²) in [6.07, 6.45) is 4.82. The Kier molecular flexibility index (Phi) is 5.03. The van der Waals surface area contributed by atoms with Gasteiger partial charge < -0.3 is 0 Å². The average Bonchev–Trinajstić information content (AvgIpc) is 2.37. The van der Waals surface area contributed by atoms with E-state index in [0.29, 0.717) is 13.1 Å². The number of nitrogens with zero attached hydrogens (tertiary/aromatic N) is 1. The van der Waals surface area contributed by atoms with E-state index in [2.05, 4.69) is 0 Å². The second-order valence-corrected chi connectivity index (χ2v) is 8.69. The Balaban J connectivity index is 2.34. The number of hydrogen-bond acceptors (Lipinski definition) is 4. The minimum atomic E-state index is -3.91. The number of hydrogen-bond donors (Lipinski definition) is 1. The number of nitrogens with two attached hydrogens (primary N) is 1. The molecule has 21 heavy (non-hydrogen) atoms. The van der Waals surface area contributed by atoms with E-state index in [9.17, 15) is 16.8 Å². The van der Waals surface area contributed by atoms with E-state index in [1.54, 1.807) is 0 Å². The van der Waals surface area contributed by atoms with Crippen LogP contribution in [0, 0.1) is 0 Å². The smallest absolute Gasteiger partial charge is 0.225 e. The molecule has 0 bridgehead atoms. The molecule has 1 aromatic rings. The molecule has 0 radical (unpaired) electrons. The molecule has 6 nitrogen and oxygen atoms in total. The fraction of sp³-hybridized carbons (Fsp3) is 0.538. The largest absolute Gasteiger partial charge is 0.243 e. The second-order valence-electron chi connectivity index (χ2n) is 5.19. The van der Waals surface area contributed by atoms with Gasteiger partial charge in [-0.3, -0.25) is 0 Å². The zero-order valence-corrected chi connectivity index (χ0v) is 13.4. The molecule has 1 aromatic carbocycles. The first-order chi connectivity index (χ1) is 9.82. The van der Waals surface area contributed by atoms with Crippen molar-refractivity contribution in [3.63, 3.8) is 0 Å². The minimum absolute atomic E-state index is 0.0189. The summed E-state index contributed by atoms with van der Waals surface area (Å²) < 4.78 is 49.4. The molecule has 1 saturated heterocycles. The van der Waals surface area contributed by atoms with Crippen molar-refractivity contribution in [3.8, 4) is 0 Å². The summed E-state index contributed by atoms with van der Waals surface area (Å²) in [7, 11) is -7.58. The summed E-state index contributed by atoms with van der Waals surface area (Å²) >= 11 is 0. The molecule has 2 rings (SSSR count). The summed E-state index contributed by atoms with van der Waals surface area (Å²) in [5, 5.41) is 5.06. The lowest BCUT2D eigenvalue weighted by molar-refractivity contribution is 0.364. The highest BCUT2D eigenvalue weighted by Gasteiger charge is 2.25. The third-order valence-corrected chi connectivity index (χ3v) is 6.39. The van der Waals surface area contributed by atoms with Crippen molar-refractivity contribution in [1.82, 2.24) is 4.31 Å². The topological polar surface area (TPSA) is 97.5 Å². The molecule has 2 N–H and O–H groups in total. The summed E-state index contributed by atoms with van der Waals surface area (Å²) in [6.45, 7) is 0.948. The lowest BCUT2D eigenvalue weighted by atomic mass is 10.1. The van der Waals surface area contributed by atoms with E-state index in [4.69, 9.17) is 5.14 Å². The van der Waals surface area contributed by atoms with Crippen molar-refractivity contribution >= 4 is 20.0 Å². The monoisotopic (exact) mass is 332 g/mol. The highest BCUT2D eigenvalue weighted by atomic mass is 32.2. The van der Waals surface area contributed by atoms with E-state index < -0.39 is 20.0 Å². The molecular weight excluding hydrogens is 312 g/mol. The Morgan fingerprint density at radius 1 is 0.857 bits per heavy atom. The van der Waals surface area contributed by atoms with Crippen LogP contribution in [-0.4, -0.2) is 34.2 Å². The molecule has 0 aliphatic carbocycles. The number of benzene rings is 1. The number of rotatable bonds is 3. The standard InChI is InChI=1S/C13H20N2O4S2/c14-20(16,17)12-7-6-8-13(11-12)21(18,19)15-9-4-2-1-3-5-10-15/h6-8,11H,1-5,9-10H2,(H2,14,16,17). The molecule has 1 aliphatic rings. The van der Waals surface area contributed by atoms with Crippen molar-refractivity contribution < 1.29 is 16.8 Å². The van der Waals surface area contributed by atoms with Crippen LogP contribution in [0.4, 0.5) is 0 Å². The SMILES string of the molecule is NS(=O)(=O)c1cccc(S(=O)(=O)N2CCCCCCC2)c1. The van der Waals surface area contributed by atoms with Crippen LogP contribution in [0.5, 0.6) is 0 Å². The van der Waals surface area contributed by atoms with Crippen LogP contribution in [0.3, 0.4) is 0 Å². The first-order valence-corrected chi connectivity index (χ1v) is 9.93. The number of sulfonamides is 2. The maximum Gasteiger partial charge on any atom is 0.243 e. The van der Waals surface area contributed by atoms with Gasteiger partial charge in [0, 0.05) is 13.1 Å². The predicted molar refractivity (Wildman–Crippen MR) is 79.7 cm³/mol. The molecule has 0 aromatic heterocycles. The highest BCUT2D eigenvalue weighted by Crippen LogP contribution is 2.21. The van der Waals surface area contributed by atoms with Gasteiger partial charge in [-0.25, -0.2) is 22.0 Å². The van der Waals surface area contributed by atoms with Gasteiger partial charge >= 0.3 is 0 Å². The van der Waals surface area contributed by atoms with Gasteiger partial charge in [0.2, 0.25) is 20.0 Å².